The lowest BCUT2D eigenvalue weighted by Crippen LogP contribution is -2.52. The van der Waals surface area contributed by atoms with Gasteiger partial charge in [0, 0.05) is 29.4 Å². The van der Waals surface area contributed by atoms with Crippen LogP contribution in [-0.4, -0.2) is 42.4 Å². The fourth-order valence-corrected chi connectivity index (χ4v) is 5.11. The predicted octanol–water partition coefficient (Wildman–Crippen LogP) is 5.93. The molecular formula is C25H29ClF3NO2. The van der Waals surface area contributed by atoms with Gasteiger partial charge in [-0.15, -0.1) is 0 Å². The van der Waals surface area contributed by atoms with Gasteiger partial charge < -0.3 is 14.7 Å². The Balaban J connectivity index is 1.31. The third-order valence-corrected chi connectivity index (χ3v) is 7.26. The van der Waals surface area contributed by atoms with E-state index in [1.165, 1.54) is 12.1 Å². The van der Waals surface area contributed by atoms with Gasteiger partial charge in [0.05, 0.1) is 18.3 Å². The number of likely N-dealkylation sites (tertiary alicyclic amines) is 1. The molecule has 1 saturated heterocycles. The molecule has 2 aliphatic rings. The van der Waals surface area contributed by atoms with Gasteiger partial charge in [-0.1, -0.05) is 30.2 Å². The van der Waals surface area contributed by atoms with Crippen LogP contribution in [0.4, 0.5) is 13.2 Å². The maximum Gasteiger partial charge on any atom is 0.416 e. The van der Waals surface area contributed by atoms with Gasteiger partial charge in [0.1, 0.15) is 5.75 Å². The molecule has 1 aliphatic carbocycles. The molecule has 174 valence electrons. The third kappa shape index (κ3) is 5.24. The zero-order chi connectivity index (χ0) is 22.8. The molecule has 3 nitrogen and oxygen atoms in total. The second-order valence-corrected chi connectivity index (χ2v) is 9.57. The number of hydrogen-bond donors (Lipinski definition) is 1. The minimum Gasteiger partial charge on any atom is -0.493 e. The van der Waals surface area contributed by atoms with E-state index in [9.17, 15) is 18.3 Å². The Hall–Kier alpha value is -1.76. The molecular weight excluding hydrogens is 439 g/mol. The molecule has 0 bridgehead atoms. The van der Waals surface area contributed by atoms with Crippen LogP contribution in [0.25, 0.3) is 0 Å². The highest BCUT2D eigenvalue weighted by Gasteiger charge is 2.45. The highest BCUT2D eigenvalue weighted by Crippen LogP contribution is 2.47. The first-order valence-corrected chi connectivity index (χ1v) is 11.6. The molecule has 7 heteroatoms. The Morgan fingerprint density at radius 3 is 2.34 bits per heavy atom. The molecule has 2 fully saturated rings. The van der Waals surface area contributed by atoms with Crippen LogP contribution in [0.15, 0.2) is 48.5 Å². The lowest BCUT2D eigenvalue weighted by Gasteiger charge is -2.48. The van der Waals surface area contributed by atoms with E-state index in [-0.39, 0.29) is 11.3 Å². The average molecular weight is 468 g/mol. The van der Waals surface area contributed by atoms with Crippen LogP contribution in [0.1, 0.15) is 43.2 Å². The monoisotopic (exact) mass is 467 g/mol. The molecule has 0 aromatic heterocycles. The summed E-state index contributed by atoms with van der Waals surface area (Å²) in [5.41, 5.74) is 0.280. The molecule has 2 aromatic rings. The van der Waals surface area contributed by atoms with Crippen LogP contribution < -0.4 is 4.74 Å². The fourth-order valence-electron chi connectivity index (χ4n) is 4.98. The van der Waals surface area contributed by atoms with Gasteiger partial charge in [0.15, 0.2) is 0 Å². The first kappa shape index (κ1) is 23.4. The van der Waals surface area contributed by atoms with Crippen LogP contribution in [0, 0.1) is 5.92 Å². The molecule has 2 atom stereocenters. The summed E-state index contributed by atoms with van der Waals surface area (Å²) in [6.45, 7) is 2.82. The first-order valence-electron chi connectivity index (χ1n) is 11.2. The molecule has 2 aromatic carbocycles. The maximum atomic E-state index is 12.7. The number of aliphatic hydroxyl groups excluding tert-OH is 1. The van der Waals surface area contributed by atoms with Gasteiger partial charge in [-0.3, -0.25) is 0 Å². The second-order valence-electron chi connectivity index (χ2n) is 9.13. The number of β-amino-alcohol motifs (C(OH)–C–C–N with tert-alkyl or cyclic N) is 1. The van der Waals surface area contributed by atoms with E-state index in [0.717, 1.165) is 62.9 Å². The SMILES string of the molecule is OC(CN1CCC[C@@H](COc2ccc(C(F)(F)F)cc2)C1)C1(c2ccc(Cl)cc2)CCC1. The number of hydrogen-bond acceptors (Lipinski definition) is 3. The second kappa shape index (κ2) is 9.62. The molecule has 0 amide bonds. The van der Waals surface area contributed by atoms with E-state index in [1.807, 2.05) is 24.3 Å². The van der Waals surface area contributed by atoms with E-state index in [1.54, 1.807) is 0 Å². The van der Waals surface area contributed by atoms with E-state index in [0.29, 0.717) is 23.9 Å². The highest BCUT2D eigenvalue weighted by atomic mass is 35.5. The van der Waals surface area contributed by atoms with Crippen LogP contribution in [0.3, 0.4) is 0 Å². The van der Waals surface area contributed by atoms with E-state index >= 15 is 0 Å². The predicted molar refractivity (Wildman–Crippen MR) is 119 cm³/mol. The summed E-state index contributed by atoms with van der Waals surface area (Å²) in [4.78, 5) is 2.30. The van der Waals surface area contributed by atoms with Gasteiger partial charge in [0.25, 0.3) is 0 Å². The van der Waals surface area contributed by atoms with Crippen LogP contribution in [0.2, 0.25) is 5.02 Å². The standard InChI is InChI=1S/C25H29ClF3NO2/c26-21-8-4-19(5-9-21)24(12-2-13-24)23(31)16-30-14-1-3-18(15-30)17-32-22-10-6-20(7-11-22)25(27,28)29/h4-11,18,23,31H,1-3,12-17H2/t18-,23?/m1/s1. The molecule has 1 unspecified atom stereocenters. The lowest BCUT2D eigenvalue weighted by atomic mass is 9.61. The van der Waals surface area contributed by atoms with E-state index in [2.05, 4.69) is 4.90 Å². The third-order valence-electron chi connectivity index (χ3n) is 7.00. The Labute approximate surface area is 192 Å². The van der Waals surface area contributed by atoms with Crippen molar-refractivity contribution in [3.05, 3.63) is 64.7 Å². The number of alkyl halides is 3. The van der Waals surface area contributed by atoms with Crippen molar-refractivity contribution in [3.63, 3.8) is 0 Å². The summed E-state index contributed by atoms with van der Waals surface area (Å²) in [7, 11) is 0. The van der Waals surface area contributed by atoms with Crippen molar-refractivity contribution < 1.29 is 23.0 Å². The fraction of sp³-hybridized carbons (Fsp3) is 0.520. The molecule has 1 saturated carbocycles. The summed E-state index contributed by atoms with van der Waals surface area (Å²) in [5.74, 6) is 0.734. The smallest absolute Gasteiger partial charge is 0.416 e. The van der Waals surface area contributed by atoms with Gasteiger partial charge >= 0.3 is 6.18 Å². The topological polar surface area (TPSA) is 32.7 Å². The molecule has 32 heavy (non-hydrogen) atoms. The lowest BCUT2D eigenvalue weighted by molar-refractivity contribution is -0.137. The minimum absolute atomic E-state index is 0.200. The van der Waals surface area contributed by atoms with E-state index < -0.39 is 17.8 Å². The molecule has 1 heterocycles. The zero-order valence-electron chi connectivity index (χ0n) is 18.0. The van der Waals surface area contributed by atoms with Crippen molar-refractivity contribution in [2.45, 2.75) is 49.8 Å². The molecule has 1 aliphatic heterocycles. The van der Waals surface area contributed by atoms with Crippen molar-refractivity contribution in [2.24, 2.45) is 5.92 Å². The Morgan fingerprint density at radius 2 is 1.75 bits per heavy atom. The normalized spacial score (nSPS) is 22.2. The van der Waals surface area contributed by atoms with Crippen molar-refractivity contribution in [2.75, 3.05) is 26.2 Å². The summed E-state index contributed by atoms with van der Waals surface area (Å²) >= 11 is 6.04. The van der Waals surface area contributed by atoms with Gasteiger partial charge in [-0.2, -0.15) is 13.2 Å². The van der Waals surface area contributed by atoms with Gasteiger partial charge in [0.2, 0.25) is 0 Å². The quantitative estimate of drug-likeness (QED) is 0.547. The van der Waals surface area contributed by atoms with Crippen LogP contribution >= 0.6 is 11.6 Å². The number of ether oxygens (including phenoxy) is 1. The number of benzene rings is 2. The Kier molecular flexibility index (Phi) is 7.03. The number of aliphatic hydroxyl groups is 1. The molecule has 4 rings (SSSR count). The largest absolute Gasteiger partial charge is 0.493 e. The molecule has 1 N–H and O–H groups in total. The zero-order valence-corrected chi connectivity index (χ0v) is 18.7. The summed E-state index contributed by atoms with van der Waals surface area (Å²) in [6, 6.07) is 12.7. The number of piperidine rings is 1. The van der Waals surface area contributed by atoms with Gasteiger partial charge in [-0.05, 0) is 74.2 Å². The summed E-state index contributed by atoms with van der Waals surface area (Å²) < 4.78 is 43.9. The first-order chi connectivity index (χ1) is 15.3. The maximum absolute atomic E-state index is 12.7. The number of halogens is 4. The molecule has 0 spiro atoms. The number of rotatable bonds is 7. The van der Waals surface area contributed by atoms with Crippen molar-refractivity contribution in [1.29, 1.82) is 0 Å². The van der Waals surface area contributed by atoms with Gasteiger partial charge in [-0.25, -0.2) is 0 Å². The Morgan fingerprint density at radius 1 is 1.06 bits per heavy atom. The molecule has 0 radical (unpaired) electrons. The summed E-state index contributed by atoms with van der Waals surface area (Å²) in [5, 5.41) is 11.9. The Bertz CT molecular complexity index is 882. The minimum atomic E-state index is -4.34. The van der Waals surface area contributed by atoms with Crippen molar-refractivity contribution >= 4 is 11.6 Å². The average Bonchev–Trinajstić information content (AvgIpc) is 2.73. The number of nitrogens with zero attached hydrogens (tertiary/aromatic N) is 1. The van der Waals surface area contributed by atoms with Crippen molar-refractivity contribution in [3.8, 4) is 5.75 Å². The van der Waals surface area contributed by atoms with Crippen LogP contribution in [-0.2, 0) is 11.6 Å². The van der Waals surface area contributed by atoms with E-state index in [4.69, 9.17) is 16.3 Å². The van der Waals surface area contributed by atoms with Crippen LogP contribution in [0.5, 0.6) is 5.75 Å². The summed E-state index contributed by atoms with van der Waals surface area (Å²) in [6.07, 6.45) is 0.300. The van der Waals surface area contributed by atoms with Crippen molar-refractivity contribution in [1.82, 2.24) is 4.90 Å². The highest BCUT2D eigenvalue weighted by molar-refractivity contribution is 6.30.